The van der Waals surface area contributed by atoms with E-state index in [4.69, 9.17) is 4.74 Å². The first-order valence-corrected chi connectivity index (χ1v) is 8.34. The van der Waals surface area contributed by atoms with Crippen LogP contribution >= 0.6 is 0 Å². The Morgan fingerprint density at radius 2 is 1.70 bits per heavy atom. The summed E-state index contributed by atoms with van der Waals surface area (Å²) in [6.45, 7) is 4.26. The zero-order valence-electron chi connectivity index (χ0n) is 13.7. The number of carbonyl (C=O) groups excluding carboxylic acids is 2. The molecule has 2 aliphatic carbocycles. The van der Waals surface area contributed by atoms with Crippen LogP contribution in [0.5, 0.6) is 0 Å². The number of carbonyl (C=O) groups is 2. The van der Waals surface area contributed by atoms with Gasteiger partial charge >= 0.3 is 6.09 Å². The number of amides is 2. The summed E-state index contributed by atoms with van der Waals surface area (Å²) in [4.78, 5) is 22.9. The van der Waals surface area contributed by atoms with Crippen molar-refractivity contribution in [3.63, 3.8) is 0 Å². The number of ether oxygens (including phenoxy) is 1. The molecular weight excluding hydrogens is 292 g/mol. The molecule has 4 atom stereocenters. The normalized spacial score (nSPS) is 28.4. The molecule has 1 aromatic rings. The van der Waals surface area contributed by atoms with Crippen LogP contribution in [-0.4, -0.2) is 18.6 Å². The predicted molar refractivity (Wildman–Crippen MR) is 89.2 cm³/mol. The third kappa shape index (κ3) is 3.66. The van der Waals surface area contributed by atoms with Crippen molar-refractivity contribution in [3.05, 3.63) is 24.3 Å². The van der Waals surface area contributed by atoms with Crippen molar-refractivity contribution in [1.82, 2.24) is 0 Å². The van der Waals surface area contributed by atoms with Gasteiger partial charge in [0.1, 0.15) is 0 Å². The molecule has 5 nitrogen and oxygen atoms in total. The van der Waals surface area contributed by atoms with Crippen LogP contribution in [0, 0.1) is 23.7 Å². The summed E-state index contributed by atoms with van der Waals surface area (Å²) in [5.74, 6) is 2.63. The first-order chi connectivity index (χ1) is 11.0. The van der Waals surface area contributed by atoms with E-state index in [-0.39, 0.29) is 5.91 Å². The van der Waals surface area contributed by atoms with Crippen molar-refractivity contribution in [3.8, 4) is 0 Å². The molecule has 0 spiro atoms. The van der Waals surface area contributed by atoms with E-state index in [0.29, 0.717) is 29.8 Å². The standard InChI is InChI=1S/C18H24N2O3/c1-11-13-3-4-14(9-13)17(11)10-23-18(22)20-16-7-5-15(6-8-16)19-12(2)21/h5-8,11,13-14,17H,3-4,9-10H2,1-2H3,(H,19,21)(H,20,22). The largest absolute Gasteiger partial charge is 0.449 e. The molecule has 3 rings (SSSR count). The fourth-order valence-corrected chi connectivity index (χ4v) is 4.15. The van der Waals surface area contributed by atoms with Gasteiger partial charge < -0.3 is 10.1 Å². The average Bonchev–Trinajstić information content (AvgIpc) is 3.08. The minimum Gasteiger partial charge on any atom is -0.449 e. The molecule has 0 aromatic heterocycles. The molecule has 4 unspecified atom stereocenters. The Morgan fingerprint density at radius 1 is 1.09 bits per heavy atom. The van der Waals surface area contributed by atoms with Gasteiger partial charge in [0.2, 0.25) is 5.91 Å². The molecule has 2 fully saturated rings. The SMILES string of the molecule is CC(=O)Nc1ccc(NC(=O)OCC2C3CCC(C3)C2C)cc1. The van der Waals surface area contributed by atoms with Crippen molar-refractivity contribution in [2.75, 3.05) is 17.2 Å². The smallest absolute Gasteiger partial charge is 0.411 e. The van der Waals surface area contributed by atoms with Gasteiger partial charge in [-0.2, -0.15) is 0 Å². The van der Waals surface area contributed by atoms with Gasteiger partial charge in [0.15, 0.2) is 0 Å². The molecule has 23 heavy (non-hydrogen) atoms. The van der Waals surface area contributed by atoms with Gasteiger partial charge in [-0.25, -0.2) is 4.79 Å². The van der Waals surface area contributed by atoms with Crippen molar-refractivity contribution in [1.29, 1.82) is 0 Å². The lowest BCUT2D eigenvalue weighted by Crippen LogP contribution is -2.27. The number of nitrogens with one attached hydrogen (secondary N) is 2. The molecule has 2 saturated carbocycles. The average molecular weight is 316 g/mol. The number of benzene rings is 1. The molecular formula is C18H24N2O3. The van der Waals surface area contributed by atoms with Crippen LogP contribution in [0.1, 0.15) is 33.1 Å². The lowest BCUT2D eigenvalue weighted by atomic mass is 9.81. The first-order valence-electron chi connectivity index (χ1n) is 8.34. The van der Waals surface area contributed by atoms with E-state index < -0.39 is 6.09 Å². The number of rotatable bonds is 4. The Kier molecular flexibility index (Phi) is 4.55. The summed E-state index contributed by atoms with van der Waals surface area (Å²) >= 11 is 0. The van der Waals surface area contributed by atoms with Crippen LogP contribution in [0.15, 0.2) is 24.3 Å². The zero-order valence-corrected chi connectivity index (χ0v) is 13.7. The maximum atomic E-state index is 11.9. The van der Waals surface area contributed by atoms with E-state index >= 15 is 0 Å². The van der Waals surface area contributed by atoms with Gasteiger partial charge in [0.05, 0.1) is 6.61 Å². The third-order valence-corrected chi connectivity index (χ3v) is 5.40. The predicted octanol–water partition coefficient (Wildman–Crippen LogP) is 3.88. The van der Waals surface area contributed by atoms with Gasteiger partial charge in [-0.3, -0.25) is 10.1 Å². The minimum absolute atomic E-state index is 0.120. The third-order valence-electron chi connectivity index (χ3n) is 5.40. The first kappa shape index (κ1) is 15.8. The second-order valence-corrected chi connectivity index (χ2v) is 6.84. The summed E-state index contributed by atoms with van der Waals surface area (Å²) in [5, 5.41) is 5.42. The lowest BCUT2D eigenvalue weighted by Gasteiger charge is -2.27. The Labute approximate surface area is 136 Å². The maximum Gasteiger partial charge on any atom is 0.411 e. The summed E-state index contributed by atoms with van der Waals surface area (Å²) in [5.41, 5.74) is 1.36. The molecule has 2 bridgehead atoms. The van der Waals surface area contributed by atoms with E-state index in [9.17, 15) is 9.59 Å². The summed E-state index contributed by atoms with van der Waals surface area (Å²) < 4.78 is 5.43. The molecule has 2 aliphatic rings. The number of hydrogen-bond acceptors (Lipinski definition) is 3. The minimum atomic E-state index is -0.410. The van der Waals surface area contributed by atoms with Crippen LogP contribution in [0.4, 0.5) is 16.2 Å². The molecule has 124 valence electrons. The Morgan fingerprint density at radius 3 is 2.26 bits per heavy atom. The number of anilines is 2. The Bertz CT molecular complexity index is 582. The molecule has 1 aromatic carbocycles. The second kappa shape index (κ2) is 6.60. The van der Waals surface area contributed by atoms with Crippen LogP contribution in [0.3, 0.4) is 0 Å². The van der Waals surface area contributed by atoms with E-state index in [1.54, 1.807) is 24.3 Å². The summed E-state index contributed by atoms with van der Waals surface area (Å²) in [6.07, 6.45) is 3.53. The topological polar surface area (TPSA) is 67.4 Å². The van der Waals surface area contributed by atoms with Gasteiger partial charge in [-0.05, 0) is 67.2 Å². The van der Waals surface area contributed by atoms with E-state index in [1.165, 1.54) is 26.2 Å². The highest BCUT2D eigenvalue weighted by Crippen LogP contribution is 2.52. The highest BCUT2D eigenvalue weighted by molar-refractivity contribution is 5.89. The van der Waals surface area contributed by atoms with Gasteiger partial charge in [-0.1, -0.05) is 6.92 Å². The monoisotopic (exact) mass is 316 g/mol. The van der Waals surface area contributed by atoms with Crippen molar-refractivity contribution < 1.29 is 14.3 Å². The Hall–Kier alpha value is -2.04. The van der Waals surface area contributed by atoms with Gasteiger partial charge in [0.25, 0.3) is 0 Å². The van der Waals surface area contributed by atoms with Crippen molar-refractivity contribution >= 4 is 23.4 Å². The zero-order chi connectivity index (χ0) is 16.4. The van der Waals surface area contributed by atoms with Gasteiger partial charge in [-0.15, -0.1) is 0 Å². The number of fused-ring (bicyclic) bond motifs is 2. The van der Waals surface area contributed by atoms with Crippen LogP contribution in [-0.2, 0) is 9.53 Å². The quantitative estimate of drug-likeness (QED) is 0.886. The maximum absolute atomic E-state index is 11.9. The molecule has 0 saturated heterocycles. The highest BCUT2D eigenvalue weighted by atomic mass is 16.5. The lowest BCUT2D eigenvalue weighted by molar-refractivity contribution is -0.114. The van der Waals surface area contributed by atoms with Crippen LogP contribution in [0.25, 0.3) is 0 Å². The van der Waals surface area contributed by atoms with Gasteiger partial charge in [0, 0.05) is 18.3 Å². The molecule has 5 heteroatoms. The fraction of sp³-hybridized carbons (Fsp3) is 0.556. The summed E-state index contributed by atoms with van der Waals surface area (Å²) in [7, 11) is 0. The fourth-order valence-electron chi connectivity index (χ4n) is 4.15. The molecule has 0 radical (unpaired) electrons. The Balaban J connectivity index is 1.47. The van der Waals surface area contributed by atoms with Crippen molar-refractivity contribution in [2.24, 2.45) is 23.7 Å². The number of hydrogen-bond donors (Lipinski definition) is 2. The molecule has 2 amide bonds. The molecule has 2 N–H and O–H groups in total. The van der Waals surface area contributed by atoms with Crippen LogP contribution in [0.2, 0.25) is 0 Å². The van der Waals surface area contributed by atoms with Crippen LogP contribution < -0.4 is 10.6 Å². The highest BCUT2D eigenvalue weighted by Gasteiger charge is 2.45. The van der Waals surface area contributed by atoms with E-state index in [2.05, 4.69) is 17.6 Å². The van der Waals surface area contributed by atoms with E-state index in [0.717, 1.165) is 11.8 Å². The van der Waals surface area contributed by atoms with Crippen molar-refractivity contribution in [2.45, 2.75) is 33.1 Å². The second-order valence-electron chi connectivity index (χ2n) is 6.84. The molecule has 0 heterocycles. The summed E-state index contributed by atoms with van der Waals surface area (Å²) in [6, 6.07) is 6.98. The van der Waals surface area contributed by atoms with E-state index in [1.807, 2.05) is 0 Å². The molecule has 0 aliphatic heterocycles.